The summed E-state index contributed by atoms with van der Waals surface area (Å²) in [5, 5.41) is 3.96. The van der Waals surface area contributed by atoms with Gasteiger partial charge >= 0.3 is 0 Å². The third-order valence-corrected chi connectivity index (χ3v) is 6.27. The minimum atomic E-state index is -0.00500. The van der Waals surface area contributed by atoms with Crippen molar-refractivity contribution in [3.8, 4) is 11.5 Å². The van der Waals surface area contributed by atoms with Crippen LogP contribution < -0.4 is 19.7 Å². The lowest BCUT2D eigenvalue weighted by molar-refractivity contribution is -0.116. The van der Waals surface area contributed by atoms with Gasteiger partial charge in [-0.05, 0) is 37.0 Å². The second kappa shape index (κ2) is 7.15. The van der Waals surface area contributed by atoms with Crippen LogP contribution in [0.2, 0.25) is 0 Å². The van der Waals surface area contributed by atoms with Crippen molar-refractivity contribution in [2.75, 3.05) is 37.5 Å². The number of hydrogen-bond acceptors (Lipinski definition) is 6. The first-order chi connectivity index (χ1) is 12.7. The van der Waals surface area contributed by atoms with Gasteiger partial charge in [0, 0.05) is 25.4 Å². The van der Waals surface area contributed by atoms with Gasteiger partial charge in [-0.3, -0.25) is 4.79 Å². The van der Waals surface area contributed by atoms with Crippen LogP contribution in [0, 0.1) is 0 Å². The maximum atomic E-state index is 12.3. The van der Waals surface area contributed by atoms with E-state index in [1.807, 2.05) is 18.2 Å². The summed E-state index contributed by atoms with van der Waals surface area (Å²) >= 11 is 1.70. The topological polar surface area (TPSA) is 63.7 Å². The molecule has 7 heteroatoms. The fraction of sp³-hybridized carbons (Fsp3) is 0.474. The van der Waals surface area contributed by atoms with Crippen LogP contribution in [0.5, 0.6) is 11.5 Å². The monoisotopic (exact) mass is 373 g/mol. The highest BCUT2D eigenvalue weighted by molar-refractivity contribution is 7.16. The number of carbonyl (C=O) groups excluding carboxylic acids is 1. The van der Waals surface area contributed by atoms with E-state index in [0.717, 1.165) is 28.7 Å². The normalized spacial score (nSPS) is 19.7. The van der Waals surface area contributed by atoms with Crippen LogP contribution in [-0.2, 0) is 4.79 Å². The number of anilines is 2. The van der Waals surface area contributed by atoms with Crippen LogP contribution in [-0.4, -0.2) is 38.2 Å². The molecule has 1 amide bonds. The van der Waals surface area contributed by atoms with Gasteiger partial charge in [0.2, 0.25) is 5.91 Å². The molecule has 138 valence electrons. The Hall–Kier alpha value is -2.28. The molecule has 1 unspecified atom stereocenters. The van der Waals surface area contributed by atoms with Gasteiger partial charge in [0.25, 0.3) is 0 Å². The molecule has 0 radical (unpaired) electrons. The van der Waals surface area contributed by atoms with E-state index in [9.17, 15) is 4.79 Å². The number of benzene rings is 1. The van der Waals surface area contributed by atoms with E-state index < -0.39 is 0 Å². The van der Waals surface area contributed by atoms with Crippen molar-refractivity contribution < 1.29 is 14.3 Å². The van der Waals surface area contributed by atoms with E-state index in [-0.39, 0.29) is 11.8 Å². The summed E-state index contributed by atoms with van der Waals surface area (Å²) < 4.78 is 10.8. The Balaban J connectivity index is 1.70. The van der Waals surface area contributed by atoms with Crippen LogP contribution >= 0.6 is 11.3 Å². The van der Waals surface area contributed by atoms with E-state index >= 15 is 0 Å². The Morgan fingerprint density at radius 3 is 2.65 bits per heavy atom. The van der Waals surface area contributed by atoms with Gasteiger partial charge < -0.3 is 19.7 Å². The summed E-state index contributed by atoms with van der Waals surface area (Å²) in [6.45, 7) is 2.09. The lowest BCUT2D eigenvalue weighted by atomic mass is 9.91. The number of methoxy groups -OCH3 is 2. The average Bonchev–Trinajstić information content (AvgIpc) is 3.11. The molecule has 26 heavy (non-hydrogen) atoms. The number of fused-ring (bicyclic) bond motifs is 1. The highest BCUT2D eigenvalue weighted by Crippen LogP contribution is 2.45. The van der Waals surface area contributed by atoms with Gasteiger partial charge in [0.05, 0.1) is 19.1 Å². The Kier molecular flexibility index (Phi) is 4.72. The molecule has 1 N–H and O–H groups in total. The van der Waals surface area contributed by atoms with Gasteiger partial charge in [0.15, 0.2) is 16.6 Å². The highest BCUT2D eigenvalue weighted by atomic mass is 32.1. The number of amides is 1. The van der Waals surface area contributed by atoms with Crippen LogP contribution in [0.1, 0.15) is 42.0 Å². The molecule has 1 aromatic carbocycles. The number of rotatable bonds is 4. The predicted molar refractivity (Wildman–Crippen MR) is 103 cm³/mol. The van der Waals surface area contributed by atoms with E-state index in [4.69, 9.17) is 14.5 Å². The maximum absolute atomic E-state index is 12.3. The van der Waals surface area contributed by atoms with Gasteiger partial charge in [-0.15, -0.1) is 0 Å². The quantitative estimate of drug-likeness (QED) is 0.887. The van der Waals surface area contributed by atoms with Crippen LogP contribution in [0.25, 0.3) is 0 Å². The van der Waals surface area contributed by atoms with E-state index in [2.05, 4.69) is 10.2 Å². The SMILES string of the molecule is COc1ccc(C2CC(=O)Nc3nc(N4CCCCC4)sc32)cc1OC. The van der Waals surface area contributed by atoms with Gasteiger partial charge in [-0.25, -0.2) is 4.98 Å². The number of thiazole rings is 1. The van der Waals surface area contributed by atoms with Crippen molar-refractivity contribution in [1.82, 2.24) is 4.98 Å². The van der Waals surface area contributed by atoms with Crippen molar-refractivity contribution in [3.05, 3.63) is 28.6 Å². The number of hydrogen-bond donors (Lipinski definition) is 1. The first-order valence-corrected chi connectivity index (χ1v) is 9.78. The second-order valence-electron chi connectivity index (χ2n) is 6.68. The number of piperidine rings is 1. The molecule has 1 atom stereocenters. The molecule has 2 aliphatic rings. The zero-order valence-corrected chi connectivity index (χ0v) is 15.9. The van der Waals surface area contributed by atoms with E-state index in [1.54, 1.807) is 25.6 Å². The number of carbonyl (C=O) groups is 1. The summed E-state index contributed by atoms with van der Waals surface area (Å²) in [5.41, 5.74) is 1.05. The summed E-state index contributed by atoms with van der Waals surface area (Å²) in [7, 11) is 3.25. The Bertz CT molecular complexity index is 814. The molecule has 2 aliphatic heterocycles. The number of aromatic nitrogens is 1. The molecule has 4 rings (SSSR count). The predicted octanol–water partition coefficient (Wildman–Crippen LogP) is 3.62. The molecule has 1 aromatic heterocycles. The molecule has 3 heterocycles. The number of nitrogens with zero attached hydrogens (tertiary/aromatic N) is 2. The molecule has 2 aromatic rings. The molecular formula is C19H23N3O3S. The Morgan fingerprint density at radius 1 is 1.15 bits per heavy atom. The molecule has 0 saturated carbocycles. The number of ether oxygens (including phenoxy) is 2. The Labute approximate surface area is 157 Å². The van der Waals surface area contributed by atoms with Gasteiger partial charge in [-0.1, -0.05) is 17.4 Å². The van der Waals surface area contributed by atoms with Crippen molar-refractivity contribution in [1.29, 1.82) is 0 Å². The fourth-order valence-corrected chi connectivity index (χ4v) is 4.87. The van der Waals surface area contributed by atoms with Crippen LogP contribution in [0.4, 0.5) is 10.9 Å². The first kappa shape index (κ1) is 17.1. The fourth-order valence-electron chi connectivity index (χ4n) is 3.67. The van der Waals surface area contributed by atoms with Gasteiger partial charge in [-0.2, -0.15) is 0 Å². The summed E-state index contributed by atoms with van der Waals surface area (Å²) in [5.74, 6) is 2.09. The maximum Gasteiger partial charge on any atom is 0.226 e. The molecule has 0 bridgehead atoms. The van der Waals surface area contributed by atoms with Gasteiger partial charge in [0.1, 0.15) is 5.82 Å². The minimum absolute atomic E-state index is 0.00500. The Morgan fingerprint density at radius 2 is 1.92 bits per heavy atom. The smallest absolute Gasteiger partial charge is 0.226 e. The summed E-state index contributed by atoms with van der Waals surface area (Å²) in [6, 6.07) is 5.87. The molecule has 0 spiro atoms. The minimum Gasteiger partial charge on any atom is -0.493 e. The standard InChI is InChI=1S/C19H23N3O3S/c1-24-14-7-6-12(10-15(14)25-2)13-11-16(23)20-18-17(13)26-19(21-18)22-8-4-3-5-9-22/h6-7,10,13H,3-5,8-9,11H2,1-2H3,(H,20,23). The van der Waals surface area contributed by atoms with E-state index in [0.29, 0.717) is 23.7 Å². The second-order valence-corrected chi connectivity index (χ2v) is 7.69. The number of nitrogens with one attached hydrogen (secondary N) is 1. The average molecular weight is 373 g/mol. The summed E-state index contributed by atoms with van der Waals surface area (Å²) in [4.78, 5) is 20.5. The van der Waals surface area contributed by atoms with Crippen molar-refractivity contribution in [2.24, 2.45) is 0 Å². The third-order valence-electron chi connectivity index (χ3n) is 5.04. The molecule has 6 nitrogen and oxygen atoms in total. The van der Waals surface area contributed by atoms with Crippen molar-refractivity contribution in [2.45, 2.75) is 31.6 Å². The third kappa shape index (κ3) is 3.11. The molecule has 1 saturated heterocycles. The van der Waals surface area contributed by atoms with E-state index in [1.165, 1.54) is 19.3 Å². The molecular weight excluding hydrogens is 350 g/mol. The van der Waals surface area contributed by atoms with Crippen molar-refractivity contribution in [3.63, 3.8) is 0 Å². The highest BCUT2D eigenvalue weighted by Gasteiger charge is 2.32. The lowest BCUT2D eigenvalue weighted by Crippen LogP contribution is -2.29. The zero-order valence-electron chi connectivity index (χ0n) is 15.1. The zero-order chi connectivity index (χ0) is 18.1. The first-order valence-electron chi connectivity index (χ1n) is 8.97. The largest absolute Gasteiger partial charge is 0.493 e. The van der Waals surface area contributed by atoms with Crippen LogP contribution in [0.15, 0.2) is 18.2 Å². The lowest BCUT2D eigenvalue weighted by Gasteiger charge is -2.25. The molecule has 0 aliphatic carbocycles. The molecule has 1 fully saturated rings. The summed E-state index contributed by atoms with van der Waals surface area (Å²) in [6.07, 6.45) is 4.11. The van der Waals surface area contributed by atoms with Crippen LogP contribution in [0.3, 0.4) is 0 Å². The van der Waals surface area contributed by atoms with Crippen molar-refractivity contribution >= 4 is 28.2 Å².